The number of nitrogens with one attached hydrogen (secondary N) is 1. The molecule has 2 aliphatic rings. The summed E-state index contributed by atoms with van der Waals surface area (Å²) < 4.78 is 0. The fraction of sp³-hybridized carbons (Fsp3) is 0.500. The molecule has 170 valence electrons. The van der Waals surface area contributed by atoms with E-state index in [0.717, 1.165) is 50.1 Å². The van der Waals surface area contributed by atoms with Crippen molar-refractivity contribution in [2.45, 2.75) is 38.5 Å². The number of piperidine rings is 1. The van der Waals surface area contributed by atoms with Crippen LogP contribution < -0.4 is 5.32 Å². The molecular formula is C22H26ClN5O3S. The summed E-state index contributed by atoms with van der Waals surface area (Å²) in [4.78, 5) is 42.1. The van der Waals surface area contributed by atoms with Gasteiger partial charge in [0.15, 0.2) is 0 Å². The zero-order valence-corrected chi connectivity index (χ0v) is 19.3. The van der Waals surface area contributed by atoms with Crippen molar-refractivity contribution in [2.75, 3.05) is 31.5 Å². The number of amides is 3. The average molecular weight is 476 g/mol. The predicted molar refractivity (Wildman–Crippen MR) is 123 cm³/mol. The topological polar surface area (TPSA) is 95.5 Å². The molecule has 0 radical (unpaired) electrons. The Morgan fingerprint density at radius 2 is 1.56 bits per heavy atom. The van der Waals surface area contributed by atoms with Gasteiger partial charge in [-0.15, -0.1) is 10.2 Å². The molecular weight excluding hydrogens is 450 g/mol. The first-order valence-electron chi connectivity index (χ1n) is 11.0. The molecule has 3 heterocycles. The fourth-order valence-corrected chi connectivity index (χ4v) is 5.00. The van der Waals surface area contributed by atoms with Crippen molar-refractivity contribution in [1.82, 2.24) is 20.0 Å². The molecule has 0 unspecified atom stereocenters. The molecule has 32 heavy (non-hydrogen) atoms. The summed E-state index contributed by atoms with van der Waals surface area (Å²) in [5.74, 6) is -0.728. The smallest absolute Gasteiger partial charge is 0.286 e. The van der Waals surface area contributed by atoms with Gasteiger partial charge in [0.2, 0.25) is 15.9 Å². The number of benzene rings is 1. The summed E-state index contributed by atoms with van der Waals surface area (Å²) in [5, 5.41) is 11.4. The van der Waals surface area contributed by atoms with Crippen molar-refractivity contribution >= 4 is 46.3 Å². The molecule has 0 saturated carbocycles. The maximum atomic E-state index is 13.0. The molecule has 2 saturated heterocycles. The summed E-state index contributed by atoms with van der Waals surface area (Å²) in [7, 11) is 0. The second-order valence-corrected chi connectivity index (χ2v) is 9.62. The van der Waals surface area contributed by atoms with Crippen LogP contribution >= 0.6 is 22.9 Å². The molecule has 0 spiro atoms. The molecule has 2 aliphatic heterocycles. The van der Waals surface area contributed by atoms with E-state index < -0.39 is 5.91 Å². The van der Waals surface area contributed by atoms with Gasteiger partial charge < -0.3 is 15.1 Å². The lowest BCUT2D eigenvalue weighted by Gasteiger charge is -2.34. The van der Waals surface area contributed by atoms with E-state index in [0.29, 0.717) is 23.8 Å². The maximum absolute atomic E-state index is 13.0. The van der Waals surface area contributed by atoms with Crippen LogP contribution in [0.15, 0.2) is 24.3 Å². The molecule has 1 N–H and O–H groups in total. The highest BCUT2D eigenvalue weighted by Crippen LogP contribution is 2.24. The molecule has 3 amide bonds. The number of carbonyl (C=O) groups is 3. The van der Waals surface area contributed by atoms with E-state index in [1.807, 2.05) is 4.90 Å². The van der Waals surface area contributed by atoms with Gasteiger partial charge in [0.25, 0.3) is 11.8 Å². The molecule has 4 rings (SSSR count). The highest BCUT2D eigenvalue weighted by Gasteiger charge is 2.33. The van der Waals surface area contributed by atoms with E-state index >= 15 is 0 Å². The first-order valence-corrected chi connectivity index (χ1v) is 12.2. The summed E-state index contributed by atoms with van der Waals surface area (Å²) in [6.45, 7) is 2.59. The molecule has 2 fully saturated rings. The van der Waals surface area contributed by atoms with E-state index in [2.05, 4.69) is 15.5 Å². The second kappa shape index (κ2) is 10.4. The van der Waals surface area contributed by atoms with Gasteiger partial charge in [-0.1, -0.05) is 35.8 Å². The van der Waals surface area contributed by atoms with Crippen molar-refractivity contribution in [1.29, 1.82) is 0 Å². The average Bonchev–Trinajstić information content (AvgIpc) is 3.15. The van der Waals surface area contributed by atoms with Crippen LogP contribution in [0.5, 0.6) is 0 Å². The minimum Gasteiger partial charge on any atom is -0.342 e. The number of aromatic nitrogens is 2. The first kappa shape index (κ1) is 22.7. The number of rotatable bonds is 4. The van der Waals surface area contributed by atoms with Crippen molar-refractivity contribution < 1.29 is 14.4 Å². The Morgan fingerprint density at radius 3 is 2.28 bits per heavy atom. The lowest BCUT2D eigenvalue weighted by Crippen LogP contribution is -2.47. The number of halogens is 1. The van der Waals surface area contributed by atoms with Gasteiger partial charge >= 0.3 is 0 Å². The molecule has 0 bridgehead atoms. The zero-order chi connectivity index (χ0) is 22.5. The van der Waals surface area contributed by atoms with Gasteiger partial charge in [-0.25, -0.2) is 0 Å². The van der Waals surface area contributed by atoms with E-state index in [1.165, 1.54) is 12.8 Å². The molecule has 1 atom stereocenters. The largest absolute Gasteiger partial charge is 0.342 e. The van der Waals surface area contributed by atoms with E-state index in [1.54, 1.807) is 29.2 Å². The van der Waals surface area contributed by atoms with Crippen molar-refractivity contribution in [3.63, 3.8) is 0 Å². The van der Waals surface area contributed by atoms with E-state index in [-0.39, 0.29) is 27.7 Å². The van der Waals surface area contributed by atoms with E-state index in [9.17, 15) is 14.4 Å². The quantitative estimate of drug-likeness (QED) is 0.727. The number of anilines is 1. The van der Waals surface area contributed by atoms with Crippen molar-refractivity contribution in [3.05, 3.63) is 39.3 Å². The molecule has 1 aromatic carbocycles. The summed E-state index contributed by atoms with van der Waals surface area (Å²) in [5.41, 5.74) is 0.577. The standard InChI is InChI=1S/C22H26ClN5O3S/c23-16-7-9-17(10-8-16)24-18(29)19-25-26-20(32-19)22(31)28-13-5-6-15(14-28)21(30)27-11-3-1-2-4-12-27/h7-10,15H,1-6,11-14H2,(H,24,29)/t15-/m1/s1. The minimum absolute atomic E-state index is 0.109. The number of hydrogen-bond acceptors (Lipinski definition) is 6. The normalized spacial score (nSPS) is 19.3. The minimum atomic E-state index is -0.434. The Labute approximate surface area is 195 Å². The lowest BCUT2D eigenvalue weighted by atomic mass is 9.96. The Morgan fingerprint density at radius 1 is 0.906 bits per heavy atom. The van der Waals surface area contributed by atoms with Gasteiger partial charge in [0, 0.05) is 36.9 Å². The molecule has 1 aromatic heterocycles. The second-order valence-electron chi connectivity index (χ2n) is 8.20. The van der Waals surface area contributed by atoms with Crippen LogP contribution in [0.3, 0.4) is 0 Å². The lowest BCUT2D eigenvalue weighted by molar-refractivity contribution is -0.136. The monoisotopic (exact) mass is 475 g/mol. The van der Waals surface area contributed by atoms with Crippen LogP contribution in [0.1, 0.15) is 58.1 Å². The highest BCUT2D eigenvalue weighted by molar-refractivity contribution is 7.15. The SMILES string of the molecule is O=C(Nc1ccc(Cl)cc1)c1nnc(C(=O)N2CCC[C@@H](C(=O)N3CCCCCC3)C2)s1. The van der Waals surface area contributed by atoms with Gasteiger partial charge in [-0.3, -0.25) is 14.4 Å². The van der Waals surface area contributed by atoms with Gasteiger partial charge in [0.1, 0.15) is 0 Å². The summed E-state index contributed by atoms with van der Waals surface area (Å²) in [6.07, 6.45) is 6.01. The molecule has 10 heteroatoms. The fourth-order valence-electron chi connectivity index (χ4n) is 4.17. The first-order chi connectivity index (χ1) is 15.5. The molecule has 2 aromatic rings. The Balaban J connectivity index is 1.37. The van der Waals surface area contributed by atoms with Crippen molar-refractivity contribution in [2.24, 2.45) is 5.92 Å². The van der Waals surface area contributed by atoms with Gasteiger partial charge in [0.05, 0.1) is 5.92 Å². The molecule has 0 aliphatic carbocycles. The van der Waals surface area contributed by atoms with Gasteiger partial charge in [-0.2, -0.15) is 0 Å². The van der Waals surface area contributed by atoms with Crippen LogP contribution in [0.4, 0.5) is 5.69 Å². The number of carbonyl (C=O) groups excluding carboxylic acids is 3. The number of hydrogen-bond donors (Lipinski definition) is 1. The molecule has 8 nitrogen and oxygen atoms in total. The van der Waals surface area contributed by atoms with Crippen LogP contribution in [0.2, 0.25) is 5.02 Å². The van der Waals surface area contributed by atoms with Crippen molar-refractivity contribution in [3.8, 4) is 0 Å². The summed E-state index contributed by atoms with van der Waals surface area (Å²) in [6, 6.07) is 6.71. The third kappa shape index (κ3) is 5.45. The number of likely N-dealkylation sites (tertiary alicyclic amines) is 2. The Hall–Kier alpha value is -2.52. The number of nitrogens with zero attached hydrogens (tertiary/aromatic N) is 4. The highest BCUT2D eigenvalue weighted by atomic mass is 35.5. The third-order valence-corrected chi connectivity index (χ3v) is 7.04. The van der Waals surface area contributed by atoms with Crippen LogP contribution in [0, 0.1) is 5.92 Å². The zero-order valence-electron chi connectivity index (χ0n) is 17.8. The van der Waals surface area contributed by atoms with Crippen LogP contribution in [0.25, 0.3) is 0 Å². The Kier molecular flexibility index (Phi) is 7.36. The van der Waals surface area contributed by atoms with E-state index in [4.69, 9.17) is 11.6 Å². The predicted octanol–water partition coefficient (Wildman–Crippen LogP) is 3.70. The third-order valence-electron chi connectivity index (χ3n) is 5.88. The van der Waals surface area contributed by atoms with Crippen LogP contribution in [-0.4, -0.2) is 63.9 Å². The maximum Gasteiger partial charge on any atom is 0.286 e. The summed E-state index contributed by atoms with van der Waals surface area (Å²) >= 11 is 6.82. The van der Waals surface area contributed by atoms with Gasteiger partial charge in [-0.05, 0) is 49.9 Å². The Bertz CT molecular complexity index is 972. The van der Waals surface area contributed by atoms with Crippen LogP contribution in [-0.2, 0) is 4.79 Å².